The fourth-order valence-electron chi connectivity index (χ4n) is 2.24. The lowest BCUT2D eigenvalue weighted by molar-refractivity contribution is 0.220. The molecule has 2 aromatic rings. The first kappa shape index (κ1) is 15.2. The topological polar surface area (TPSA) is 20.2 Å². The highest BCUT2D eigenvalue weighted by molar-refractivity contribution is 9.10. The van der Waals surface area contributed by atoms with Crippen molar-refractivity contribution in [1.29, 1.82) is 0 Å². The zero-order valence-electron chi connectivity index (χ0n) is 11.6. The molecule has 0 fully saturated rings. The third kappa shape index (κ3) is 3.68. The van der Waals surface area contributed by atoms with Crippen molar-refractivity contribution in [2.45, 2.75) is 26.4 Å². The Balaban J connectivity index is 2.28. The summed E-state index contributed by atoms with van der Waals surface area (Å²) in [6.07, 6.45) is 0.243. The van der Waals surface area contributed by atoms with Crippen molar-refractivity contribution in [2.75, 3.05) is 0 Å². The SMILES string of the molecule is CC(C)Cc1cccc(C(O)c2ccc(F)c(Br)c2)c1. The Morgan fingerprint density at radius 1 is 1.10 bits per heavy atom. The molecule has 1 atom stereocenters. The minimum absolute atomic E-state index is 0.325. The summed E-state index contributed by atoms with van der Waals surface area (Å²) >= 11 is 3.15. The van der Waals surface area contributed by atoms with Gasteiger partial charge in [-0.25, -0.2) is 4.39 Å². The van der Waals surface area contributed by atoms with Crippen molar-refractivity contribution in [3.63, 3.8) is 0 Å². The molecule has 20 heavy (non-hydrogen) atoms. The van der Waals surface area contributed by atoms with Crippen LogP contribution in [0.4, 0.5) is 4.39 Å². The van der Waals surface area contributed by atoms with Crippen LogP contribution in [0.2, 0.25) is 0 Å². The zero-order chi connectivity index (χ0) is 14.7. The normalized spacial score (nSPS) is 12.7. The van der Waals surface area contributed by atoms with Gasteiger partial charge in [-0.1, -0.05) is 44.2 Å². The van der Waals surface area contributed by atoms with E-state index in [2.05, 4.69) is 35.8 Å². The van der Waals surface area contributed by atoms with Gasteiger partial charge in [-0.3, -0.25) is 0 Å². The highest BCUT2D eigenvalue weighted by Crippen LogP contribution is 2.27. The van der Waals surface area contributed by atoms with Crippen LogP contribution in [0.3, 0.4) is 0 Å². The van der Waals surface area contributed by atoms with E-state index in [9.17, 15) is 9.50 Å². The summed E-state index contributed by atoms with van der Waals surface area (Å²) in [5.74, 6) is 0.247. The summed E-state index contributed by atoms with van der Waals surface area (Å²) in [5, 5.41) is 10.4. The second-order valence-electron chi connectivity index (χ2n) is 5.42. The van der Waals surface area contributed by atoms with Crippen molar-refractivity contribution < 1.29 is 9.50 Å². The van der Waals surface area contributed by atoms with Crippen LogP contribution in [0.5, 0.6) is 0 Å². The summed E-state index contributed by atoms with van der Waals surface area (Å²) < 4.78 is 13.6. The molecule has 0 heterocycles. The Morgan fingerprint density at radius 2 is 1.80 bits per heavy atom. The highest BCUT2D eigenvalue weighted by Gasteiger charge is 2.13. The molecule has 0 bridgehead atoms. The fraction of sp³-hybridized carbons (Fsp3) is 0.294. The van der Waals surface area contributed by atoms with Crippen LogP contribution in [0, 0.1) is 11.7 Å². The summed E-state index contributed by atoms with van der Waals surface area (Å²) in [5.41, 5.74) is 2.72. The largest absolute Gasteiger partial charge is 0.384 e. The molecule has 0 saturated heterocycles. The molecule has 1 unspecified atom stereocenters. The number of halogens is 2. The lowest BCUT2D eigenvalue weighted by Crippen LogP contribution is -2.02. The smallest absolute Gasteiger partial charge is 0.137 e. The van der Waals surface area contributed by atoms with Gasteiger partial charge >= 0.3 is 0 Å². The quantitative estimate of drug-likeness (QED) is 0.844. The second-order valence-corrected chi connectivity index (χ2v) is 6.27. The van der Waals surface area contributed by atoms with Crippen LogP contribution in [0.25, 0.3) is 0 Å². The fourth-order valence-corrected chi connectivity index (χ4v) is 2.63. The lowest BCUT2D eigenvalue weighted by Gasteiger charge is -2.14. The summed E-state index contributed by atoms with van der Waals surface area (Å²) in [6.45, 7) is 4.33. The maximum atomic E-state index is 13.2. The maximum Gasteiger partial charge on any atom is 0.137 e. The molecule has 0 aromatic heterocycles. The van der Waals surface area contributed by atoms with Crippen LogP contribution < -0.4 is 0 Å². The van der Waals surface area contributed by atoms with E-state index >= 15 is 0 Å². The molecule has 0 aliphatic heterocycles. The van der Waals surface area contributed by atoms with E-state index in [1.165, 1.54) is 11.6 Å². The average Bonchev–Trinajstić information content (AvgIpc) is 2.40. The van der Waals surface area contributed by atoms with Gasteiger partial charge in [-0.15, -0.1) is 0 Å². The standard InChI is InChI=1S/C17H18BrFO/c1-11(2)8-12-4-3-5-13(9-12)17(20)14-6-7-16(19)15(18)10-14/h3-7,9-11,17,20H,8H2,1-2H3. The first-order valence-electron chi connectivity index (χ1n) is 6.69. The minimum Gasteiger partial charge on any atom is -0.384 e. The third-order valence-corrected chi connectivity index (χ3v) is 3.78. The molecule has 0 spiro atoms. The van der Waals surface area contributed by atoms with Crippen LogP contribution in [0.15, 0.2) is 46.9 Å². The minimum atomic E-state index is -0.737. The number of aliphatic hydroxyl groups is 1. The van der Waals surface area contributed by atoms with E-state index < -0.39 is 6.10 Å². The van der Waals surface area contributed by atoms with E-state index in [-0.39, 0.29) is 5.82 Å². The molecule has 0 amide bonds. The van der Waals surface area contributed by atoms with Crippen molar-refractivity contribution in [2.24, 2.45) is 5.92 Å². The van der Waals surface area contributed by atoms with Crippen molar-refractivity contribution in [3.05, 3.63) is 69.4 Å². The van der Waals surface area contributed by atoms with Crippen LogP contribution in [0.1, 0.15) is 36.6 Å². The van der Waals surface area contributed by atoms with Crippen LogP contribution in [-0.4, -0.2) is 5.11 Å². The first-order chi connectivity index (χ1) is 9.47. The van der Waals surface area contributed by atoms with Gasteiger partial charge in [0.25, 0.3) is 0 Å². The van der Waals surface area contributed by atoms with Gasteiger partial charge in [-0.2, -0.15) is 0 Å². The van der Waals surface area contributed by atoms with Crippen molar-refractivity contribution in [1.82, 2.24) is 0 Å². The molecule has 2 rings (SSSR count). The van der Waals surface area contributed by atoms with Gasteiger partial charge in [0.1, 0.15) is 11.9 Å². The Bertz CT molecular complexity index is 595. The number of hydrogen-bond acceptors (Lipinski definition) is 1. The first-order valence-corrected chi connectivity index (χ1v) is 7.48. The van der Waals surface area contributed by atoms with E-state index in [0.717, 1.165) is 12.0 Å². The molecule has 2 aromatic carbocycles. The Kier molecular flexibility index (Phi) is 4.95. The molecule has 1 N–H and O–H groups in total. The molecule has 0 saturated carbocycles. The molecule has 0 aliphatic rings. The number of benzene rings is 2. The molecule has 0 radical (unpaired) electrons. The molecule has 0 aliphatic carbocycles. The number of aliphatic hydroxyl groups excluding tert-OH is 1. The van der Waals surface area contributed by atoms with E-state index in [0.29, 0.717) is 16.0 Å². The van der Waals surface area contributed by atoms with E-state index in [4.69, 9.17) is 0 Å². The van der Waals surface area contributed by atoms with Gasteiger partial charge in [-0.05, 0) is 57.1 Å². The predicted octanol–water partition coefficient (Wildman–Crippen LogP) is 4.87. The molecule has 1 nitrogen and oxygen atoms in total. The van der Waals surface area contributed by atoms with Crippen LogP contribution in [-0.2, 0) is 6.42 Å². The second kappa shape index (κ2) is 6.51. The van der Waals surface area contributed by atoms with Gasteiger partial charge < -0.3 is 5.11 Å². The molecular formula is C17H18BrFO. The highest BCUT2D eigenvalue weighted by atomic mass is 79.9. The van der Waals surface area contributed by atoms with Gasteiger partial charge in [0.15, 0.2) is 0 Å². The predicted molar refractivity (Wildman–Crippen MR) is 83.1 cm³/mol. The zero-order valence-corrected chi connectivity index (χ0v) is 13.2. The van der Waals surface area contributed by atoms with Crippen molar-refractivity contribution >= 4 is 15.9 Å². The summed E-state index contributed by atoms with van der Waals surface area (Å²) in [6, 6.07) is 12.5. The van der Waals surface area contributed by atoms with E-state index in [1.54, 1.807) is 12.1 Å². The Labute approximate surface area is 127 Å². The van der Waals surface area contributed by atoms with Crippen LogP contribution >= 0.6 is 15.9 Å². The number of hydrogen-bond donors (Lipinski definition) is 1. The molecule has 106 valence electrons. The Morgan fingerprint density at radius 3 is 2.45 bits per heavy atom. The average molecular weight is 337 g/mol. The van der Waals surface area contributed by atoms with Gasteiger partial charge in [0.05, 0.1) is 4.47 Å². The van der Waals surface area contributed by atoms with Crippen molar-refractivity contribution in [3.8, 4) is 0 Å². The van der Waals surface area contributed by atoms with E-state index in [1.807, 2.05) is 18.2 Å². The third-order valence-electron chi connectivity index (χ3n) is 3.17. The number of rotatable bonds is 4. The van der Waals surface area contributed by atoms with Gasteiger partial charge in [0, 0.05) is 0 Å². The Hall–Kier alpha value is -1.19. The molecular weight excluding hydrogens is 319 g/mol. The lowest BCUT2D eigenvalue weighted by atomic mass is 9.96. The summed E-state index contributed by atoms with van der Waals surface area (Å²) in [7, 11) is 0. The maximum absolute atomic E-state index is 13.2. The monoisotopic (exact) mass is 336 g/mol. The molecule has 3 heteroatoms. The van der Waals surface area contributed by atoms with Gasteiger partial charge in [0.2, 0.25) is 0 Å². The summed E-state index contributed by atoms with van der Waals surface area (Å²) in [4.78, 5) is 0.